The van der Waals surface area contributed by atoms with Gasteiger partial charge in [0.1, 0.15) is 6.04 Å². The average Bonchev–Trinajstić information content (AvgIpc) is 3.07. The Morgan fingerprint density at radius 3 is 2.28 bits per heavy atom. The number of likely N-dealkylation sites (N-methyl/N-ethyl adjacent to an activating group) is 2. The first kappa shape index (κ1) is 36.5. The molecule has 3 aromatic carbocycles. The summed E-state index contributed by atoms with van der Waals surface area (Å²) in [6.07, 6.45) is 2.46. The first-order chi connectivity index (χ1) is 23.6. The van der Waals surface area contributed by atoms with E-state index in [0.717, 1.165) is 35.3 Å². The van der Waals surface area contributed by atoms with Crippen LogP contribution in [0.25, 0.3) is 11.3 Å². The van der Waals surface area contributed by atoms with Crippen LogP contribution < -0.4 is 16.2 Å². The predicted molar refractivity (Wildman–Crippen MR) is 201 cm³/mol. The highest BCUT2D eigenvalue weighted by Crippen LogP contribution is 2.31. The molecule has 2 heterocycles. The highest BCUT2D eigenvalue weighted by molar-refractivity contribution is 5.94. The minimum atomic E-state index is -0.340. The van der Waals surface area contributed by atoms with Crippen LogP contribution in [0.15, 0.2) is 77.7 Å². The molecule has 1 aromatic heterocycles. The van der Waals surface area contributed by atoms with Crippen LogP contribution in [-0.2, 0) is 17.3 Å². The lowest BCUT2D eigenvalue weighted by atomic mass is 9.86. The van der Waals surface area contributed by atoms with Crippen LogP contribution in [0.2, 0.25) is 0 Å². The molecular weight excluding hydrogens is 626 g/mol. The monoisotopic (exact) mass is 677 g/mol. The fraction of sp³-hybridized carbons (Fsp3) is 0.400. The Hall–Kier alpha value is -4.80. The molecule has 2 amide bonds. The van der Waals surface area contributed by atoms with Crippen molar-refractivity contribution in [3.05, 3.63) is 111 Å². The van der Waals surface area contributed by atoms with E-state index >= 15 is 0 Å². The number of aryl methyl sites for hydroxylation is 1. The molecular formula is C40H51N7O3. The highest BCUT2D eigenvalue weighted by atomic mass is 16.2. The fourth-order valence-electron chi connectivity index (χ4n) is 6.41. The number of carbonyl (C=O) groups excluding carboxylic acids is 2. The quantitative estimate of drug-likeness (QED) is 0.223. The second-order valence-corrected chi connectivity index (χ2v) is 14.7. The topological polar surface area (TPSA) is 103 Å². The van der Waals surface area contributed by atoms with Gasteiger partial charge in [0.05, 0.1) is 11.7 Å². The Bertz CT molecular complexity index is 1890. The first-order valence-electron chi connectivity index (χ1n) is 17.2. The van der Waals surface area contributed by atoms with Crippen LogP contribution in [0.4, 0.5) is 11.5 Å². The Labute approximate surface area is 296 Å². The lowest BCUT2D eigenvalue weighted by Gasteiger charge is -2.37. The van der Waals surface area contributed by atoms with E-state index in [4.69, 9.17) is 4.98 Å². The normalized spacial score (nSPS) is 16.1. The van der Waals surface area contributed by atoms with Gasteiger partial charge in [0.15, 0.2) is 5.82 Å². The molecule has 0 radical (unpaired) electrons. The third-order valence-corrected chi connectivity index (χ3v) is 9.61. The molecule has 2 atom stereocenters. The van der Waals surface area contributed by atoms with Gasteiger partial charge in [-0.1, -0.05) is 63.2 Å². The van der Waals surface area contributed by atoms with Gasteiger partial charge in [-0.3, -0.25) is 19.3 Å². The molecule has 0 bridgehead atoms. The van der Waals surface area contributed by atoms with Crippen molar-refractivity contribution in [2.45, 2.75) is 51.6 Å². The number of anilines is 2. The zero-order valence-corrected chi connectivity index (χ0v) is 30.9. The lowest BCUT2D eigenvalue weighted by Crippen LogP contribution is -2.48. The molecule has 0 aliphatic carbocycles. The van der Waals surface area contributed by atoms with E-state index in [9.17, 15) is 14.4 Å². The molecule has 0 saturated carbocycles. The van der Waals surface area contributed by atoms with Gasteiger partial charge in [-0.05, 0) is 93.0 Å². The predicted octanol–water partition coefficient (Wildman–Crippen LogP) is 5.66. The summed E-state index contributed by atoms with van der Waals surface area (Å²) in [5, 5.41) is 6.52. The molecule has 1 fully saturated rings. The number of hydrogen-bond acceptors (Lipinski definition) is 7. The van der Waals surface area contributed by atoms with Crippen LogP contribution in [0.3, 0.4) is 0 Å². The molecule has 50 heavy (non-hydrogen) atoms. The maximum atomic E-state index is 13.6. The van der Waals surface area contributed by atoms with Crippen molar-refractivity contribution in [1.82, 2.24) is 29.6 Å². The van der Waals surface area contributed by atoms with Gasteiger partial charge in [-0.2, -0.15) is 0 Å². The third-order valence-electron chi connectivity index (χ3n) is 9.61. The molecule has 0 spiro atoms. The van der Waals surface area contributed by atoms with Crippen molar-refractivity contribution in [2.75, 3.05) is 53.1 Å². The van der Waals surface area contributed by atoms with E-state index in [1.807, 2.05) is 95.8 Å². The van der Waals surface area contributed by atoms with Gasteiger partial charge < -0.3 is 25.0 Å². The molecule has 2 N–H and O–H groups in total. The van der Waals surface area contributed by atoms with Gasteiger partial charge in [0, 0.05) is 50.2 Å². The molecule has 5 rings (SSSR count). The first-order valence-corrected chi connectivity index (χ1v) is 17.2. The van der Waals surface area contributed by atoms with Crippen molar-refractivity contribution >= 4 is 23.3 Å². The number of nitrogens with one attached hydrogen (secondary N) is 2. The number of piperazine rings is 1. The molecule has 1 aliphatic rings. The third kappa shape index (κ3) is 8.14. The van der Waals surface area contributed by atoms with E-state index in [-0.39, 0.29) is 40.7 Å². The second kappa shape index (κ2) is 15.0. The van der Waals surface area contributed by atoms with Gasteiger partial charge in [0.2, 0.25) is 5.91 Å². The SMILES string of the molecule is Cc1c(-c2cn(C)c(=O)c(Nc3ccc(C4C(=O)N(C)CCN4C)cc3)n2)cccc1C(CCN(C)C)NC(=O)c1ccc(C(C)(C)C)cc1. The zero-order chi connectivity index (χ0) is 36.3. The summed E-state index contributed by atoms with van der Waals surface area (Å²) in [5.41, 5.74) is 6.62. The van der Waals surface area contributed by atoms with Crippen molar-refractivity contribution in [3.8, 4) is 11.3 Å². The van der Waals surface area contributed by atoms with Crippen molar-refractivity contribution in [3.63, 3.8) is 0 Å². The number of amides is 2. The van der Waals surface area contributed by atoms with Crippen molar-refractivity contribution < 1.29 is 9.59 Å². The van der Waals surface area contributed by atoms with Gasteiger partial charge in [-0.15, -0.1) is 0 Å². The number of rotatable bonds is 10. The second-order valence-electron chi connectivity index (χ2n) is 14.7. The number of benzene rings is 3. The average molecular weight is 678 g/mol. The van der Waals surface area contributed by atoms with Crippen LogP contribution in [0.1, 0.15) is 71.9 Å². The molecule has 10 nitrogen and oxygen atoms in total. The van der Waals surface area contributed by atoms with Gasteiger partial charge in [-0.25, -0.2) is 4.98 Å². The maximum Gasteiger partial charge on any atom is 0.293 e. The summed E-state index contributed by atoms with van der Waals surface area (Å²) in [6, 6.07) is 20.9. The standard InChI is InChI=1S/C40H51N7O3/c1-26-31(33(21-22-44(5)6)43-37(48)28-13-17-29(18-14-28)40(2,3)4)11-10-12-32(26)34-25-47(9)39(50)36(42-34)41-30-19-15-27(16-20-30)35-38(49)46(8)24-23-45(35)7/h10-20,25,33,35H,21-24H2,1-9H3,(H,41,42)(H,43,48). The Morgan fingerprint density at radius 2 is 1.64 bits per heavy atom. The Kier molecular flexibility index (Phi) is 10.9. The molecule has 4 aromatic rings. The molecule has 1 saturated heterocycles. The zero-order valence-electron chi connectivity index (χ0n) is 30.9. The van der Waals surface area contributed by atoms with Crippen LogP contribution >= 0.6 is 0 Å². The summed E-state index contributed by atoms with van der Waals surface area (Å²) in [6.45, 7) is 10.8. The maximum absolute atomic E-state index is 13.6. The van der Waals surface area contributed by atoms with Gasteiger partial charge >= 0.3 is 0 Å². The van der Waals surface area contributed by atoms with E-state index in [2.05, 4.69) is 47.3 Å². The van der Waals surface area contributed by atoms with Crippen LogP contribution in [0.5, 0.6) is 0 Å². The summed E-state index contributed by atoms with van der Waals surface area (Å²) in [7, 11) is 9.55. The summed E-state index contributed by atoms with van der Waals surface area (Å²) >= 11 is 0. The van der Waals surface area contributed by atoms with Gasteiger partial charge in [0.25, 0.3) is 11.5 Å². The fourth-order valence-corrected chi connectivity index (χ4v) is 6.41. The molecule has 264 valence electrons. The lowest BCUT2D eigenvalue weighted by molar-refractivity contribution is -0.139. The van der Waals surface area contributed by atoms with E-state index < -0.39 is 0 Å². The minimum Gasteiger partial charge on any atom is -0.345 e. The molecule has 2 unspecified atom stereocenters. The van der Waals surface area contributed by atoms with Crippen molar-refractivity contribution in [1.29, 1.82) is 0 Å². The smallest absolute Gasteiger partial charge is 0.293 e. The molecule has 10 heteroatoms. The number of nitrogens with zero attached hydrogens (tertiary/aromatic N) is 5. The van der Waals surface area contributed by atoms with Crippen LogP contribution in [0, 0.1) is 6.92 Å². The van der Waals surface area contributed by atoms with Crippen molar-refractivity contribution in [2.24, 2.45) is 7.05 Å². The number of hydrogen-bond donors (Lipinski definition) is 2. The van der Waals surface area contributed by atoms with Crippen LogP contribution in [-0.4, -0.2) is 83.9 Å². The van der Waals surface area contributed by atoms with E-state index in [1.165, 1.54) is 10.1 Å². The highest BCUT2D eigenvalue weighted by Gasteiger charge is 2.32. The Balaban J connectivity index is 1.42. The van der Waals surface area contributed by atoms with E-state index in [0.29, 0.717) is 29.9 Å². The summed E-state index contributed by atoms with van der Waals surface area (Å²) < 4.78 is 1.53. The Morgan fingerprint density at radius 1 is 0.960 bits per heavy atom. The largest absolute Gasteiger partial charge is 0.345 e. The summed E-state index contributed by atoms with van der Waals surface area (Å²) in [4.78, 5) is 50.4. The number of aromatic nitrogens is 2. The van der Waals surface area contributed by atoms with E-state index in [1.54, 1.807) is 18.1 Å². The molecule has 1 aliphatic heterocycles. The minimum absolute atomic E-state index is 0.000774. The summed E-state index contributed by atoms with van der Waals surface area (Å²) in [5.74, 6) is 0.145. The number of carbonyl (C=O) groups is 2.